The van der Waals surface area contributed by atoms with E-state index in [0.717, 1.165) is 43.8 Å². The Morgan fingerprint density at radius 1 is 1.26 bits per heavy atom. The third-order valence-electron chi connectivity index (χ3n) is 4.22. The number of amides is 1. The van der Waals surface area contributed by atoms with Crippen molar-refractivity contribution in [1.82, 2.24) is 14.8 Å². The maximum absolute atomic E-state index is 12.5. The number of carbonyl (C=O) groups excluding carboxylic acids is 1. The van der Waals surface area contributed by atoms with E-state index in [2.05, 4.69) is 10.2 Å². The smallest absolute Gasteiger partial charge is 0.252 e. The minimum Gasteiger partial charge on any atom is -0.379 e. The molecule has 6 heteroatoms. The Bertz CT molecular complexity index is 763. The average molecular weight is 315 g/mol. The van der Waals surface area contributed by atoms with Crippen LogP contribution in [0.2, 0.25) is 0 Å². The van der Waals surface area contributed by atoms with Crippen LogP contribution in [0, 0.1) is 0 Å². The molecular weight excluding hydrogens is 294 g/mol. The van der Waals surface area contributed by atoms with Crippen LogP contribution < -0.4 is 10.9 Å². The van der Waals surface area contributed by atoms with Gasteiger partial charge in [-0.1, -0.05) is 18.2 Å². The number of fused-ring (bicyclic) bond motifs is 1. The van der Waals surface area contributed by atoms with Gasteiger partial charge in [-0.3, -0.25) is 14.5 Å². The molecule has 23 heavy (non-hydrogen) atoms. The Hall–Kier alpha value is -2.18. The summed E-state index contributed by atoms with van der Waals surface area (Å²) in [5.74, 6) is -0.202. The molecule has 1 aromatic carbocycles. The van der Waals surface area contributed by atoms with Gasteiger partial charge < -0.3 is 14.6 Å². The number of nitrogens with one attached hydrogen (secondary N) is 1. The summed E-state index contributed by atoms with van der Waals surface area (Å²) in [4.78, 5) is 26.8. The number of hydrogen-bond acceptors (Lipinski definition) is 4. The highest BCUT2D eigenvalue weighted by Gasteiger charge is 2.14. The largest absolute Gasteiger partial charge is 0.379 e. The van der Waals surface area contributed by atoms with Crippen molar-refractivity contribution < 1.29 is 9.53 Å². The molecule has 6 nitrogen and oxygen atoms in total. The molecule has 1 N–H and O–H groups in total. The van der Waals surface area contributed by atoms with Gasteiger partial charge in [-0.15, -0.1) is 0 Å². The molecule has 0 radical (unpaired) electrons. The van der Waals surface area contributed by atoms with Gasteiger partial charge in [-0.05, 0) is 6.07 Å². The van der Waals surface area contributed by atoms with Crippen molar-refractivity contribution in [2.45, 2.75) is 0 Å². The Kier molecular flexibility index (Phi) is 4.73. The minimum atomic E-state index is -0.202. The lowest BCUT2D eigenvalue weighted by molar-refractivity contribution is 0.0383. The second-order valence-electron chi connectivity index (χ2n) is 5.68. The quantitative estimate of drug-likeness (QED) is 0.897. The number of benzene rings is 1. The molecule has 122 valence electrons. The second kappa shape index (κ2) is 6.93. The maximum atomic E-state index is 12.5. The van der Waals surface area contributed by atoms with Gasteiger partial charge >= 0.3 is 0 Å². The number of aryl methyl sites for hydroxylation is 1. The summed E-state index contributed by atoms with van der Waals surface area (Å²) in [6.45, 7) is 4.62. The molecule has 1 saturated heterocycles. The van der Waals surface area contributed by atoms with Crippen molar-refractivity contribution in [3.05, 3.63) is 46.2 Å². The van der Waals surface area contributed by atoms with Gasteiger partial charge in [0.05, 0.1) is 24.3 Å². The van der Waals surface area contributed by atoms with E-state index in [0.29, 0.717) is 12.1 Å². The third kappa shape index (κ3) is 3.43. The zero-order valence-electron chi connectivity index (χ0n) is 13.2. The van der Waals surface area contributed by atoms with Crippen molar-refractivity contribution in [3.8, 4) is 0 Å². The van der Waals surface area contributed by atoms with Crippen molar-refractivity contribution in [2.24, 2.45) is 7.05 Å². The third-order valence-corrected chi connectivity index (χ3v) is 4.22. The predicted octanol–water partition coefficient (Wildman–Crippen LogP) is 0.601. The summed E-state index contributed by atoms with van der Waals surface area (Å²) in [5, 5.41) is 3.71. The first kappa shape index (κ1) is 15.7. The van der Waals surface area contributed by atoms with Crippen LogP contribution in [0.3, 0.4) is 0 Å². The molecule has 0 atom stereocenters. The van der Waals surface area contributed by atoms with Crippen LogP contribution >= 0.6 is 0 Å². The van der Waals surface area contributed by atoms with Crippen LogP contribution in [-0.2, 0) is 11.8 Å². The van der Waals surface area contributed by atoms with E-state index < -0.39 is 0 Å². The van der Waals surface area contributed by atoms with Crippen molar-refractivity contribution in [2.75, 3.05) is 39.4 Å². The number of hydrogen-bond donors (Lipinski definition) is 1. The zero-order valence-corrected chi connectivity index (χ0v) is 13.2. The lowest BCUT2D eigenvalue weighted by Gasteiger charge is -2.26. The Balaban J connectivity index is 1.73. The molecule has 0 bridgehead atoms. The van der Waals surface area contributed by atoms with Gasteiger partial charge in [0, 0.05) is 44.7 Å². The van der Waals surface area contributed by atoms with Gasteiger partial charge in [0.1, 0.15) is 0 Å². The predicted molar refractivity (Wildman–Crippen MR) is 88.8 cm³/mol. The van der Waals surface area contributed by atoms with Crippen LogP contribution in [0.15, 0.2) is 35.1 Å². The van der Waals surface area contributed by atoms with Gasteiger partial charge in [-0.2, -0.15) is 0 Å². The second-order valence-corrected chi connectivity index (χ2v) is 5.68. The number of carbonyl (C=O) groups is 1. The first-order chi connectivity index (χ1) is 11.2. The van der Waals surface area contributed by atoms with E-state index in [1.807, 2.05) is 24.3 Å². The first-order valence-corrected chi connectivity index (χ1v) is 7.84. The Morgan fingerprint density at radius 3 is 2.78 bits per heavy atom. The SMILES string of the molecule is Cn1c(=O)cc(C(=O)NCCN2CCOCC2)c2ccccc21. The number of morpholine rings is 1. The van der Waals surface area contributed by atoms with Crippen molar-refractivity contribution >= 4 is 16.8 Å². The summed E-state index contributed by atoms with van der Waals surface area (Å²) < 4.78 is 6.86. The fraction of sp³-hybridized carbons (Fsp3) is 0.412. The van der Waals surface area contributed by atoms with Crippen LogP contribution in [0.5, 0.6) is 0 Å². The van der Waals surface area contributed by atoms with E-state index >= 15 is 0 Å². The highest BCUT2D eigenvalue weighted by Crippen LogP contribution is 2.15. The number of pyridine rings is 1. The summed E-state index contributed by atoms with van der Waals surface area (Å²) >= 11 is 0. The Labute approximate surface area is 134 Å². The fourth-order valence-electron chi connectivity index (χ4n) is 2.85. The van der Waals surface area contributed by atoms with Crippen LogP contribution in [0.1, 0.15) is 10.4 Å². The van der Waals surface area contributed by atoms with Crippen LogP contribution in [0.4, 0.5) is 0 Å². The maximum Gasteiger partial charge on any atom is 0.252 e. The van der Waals surface area contributed by atoms with Gasteiger partial charge in [-0.25, -0.2) is 0 Å². The van der Waals surface area contributed by atoms with Gasteiger partial charge in [0.25, 0.3) is 11.5 Å². The molecule has 1 fully saturated rings. The molecule has 0 unspecified atom stereocenters. The van der Waals surface area contributed by atoms with E-state index in [4.69, 9.17) is 4.74 Å². The first-order valence-electron chi connectivity index (χ1n) is 7.84. The highest BCUT2D eigenvalue weighted by atomic mass is 16.5. The molecule has 1 aromatic heterocycles. The van der Waals surface area contributed by atoms with Crippen LogP contribution in [0.25, 0.3) is 10.9 Å². The number of ether oxygens (including phenoxy) is 1. The summed E-state index contributed by atoms with van der Waals surface area (Å²) in [6, 6.07) is 8.86. The number of nitrogens with zero attached hydrogens (tertiary/aromatic N) is 2. The molecule has 1 aliphatic heterocycles. The molecule has 2 heterocycles. The lowest BCUT2D eigenvalue weighted by atomic mass is 10.1. The van der Waals surface area contributed by atoms with Crippen molar-refractivity contribution in [1.29, 1.82) is 0 Å². The van der Waals surface area contributed by atoms with Gasteiger partial charge in [0.2, 0.25) is 0 Å². The molecule has 1 aliphatic rings. The monoisotopic (exact) mass is 315 g/mol. The Morgan fingerprint density at radius 2 is 2.00 bits per heavy atom. The van der Waals surface area contributed by atoms with E-state index in [1.54, 1.807) is 11.6 Å². The highest BCUT2D eigenvalue weighted by molar-refractivity contribution is 6.06. The molecule has 0 aliphatic carbocycles. The number of aromatic nitrogens is 1. The molecule has 0 spiro atoms. The fourth-order valence-corrected chi connectivity index (χ4v) is 2.85. The summed E-state index contributed by atoms with van der Waals surface area (Å²) in [7, 11) is 1.71. The average Bonchev–Trinajstić information content (AvgIpc) is 2.59. The van der Waals surface area contributed by atoms with Crippen LogP contribution in [-0.4, -0.2) is 54.8 Å². The molecule has 1 amide bonds. The van der Waals surface area contributed by atoms with Crippen molar-refractivity contribution in [3.63, 3.8) is 0 Å². The standard InChI is InChI=1S/C17H21N3O3/c1-19-15-5-3-2-4-13(15)14(12-16(19)21)17(22)18-6-7-20-8-10-23-11-9-20/h2-5,12H,6-11H2,1H3,(H,18,22). The summed E-state index contributed by atoms with van der Waals surface area (Å²) in [5.41, 5.74) is 1.02. The number of para-hydroxylation sites is 1. The number of rotatable bonds is 4. The van der Waals surface area contributed by atoms with E-state index in [-0.39, 0.29) is 11.5 Å². The molecule has 2 aromatic rings. The summed E-state index contributed by atoms with van der Waals surface area (Å²) in [6.07, 6.45) is 0. The van der Waals surface area contributed by atoms with E-state index in [1.165, 1.54) is 6.07 Å². The minimum absolute atomic E-state index is 0.179. The molecular formula is C17H21N3O3. The zero-order chi connectivity index (χ0) is 16.2. The van der Waals surface area contributed by atoms with Gasteiger partial charge in [0.15, 0.2) is 0 Å². The lowest BCUT2D eigenvalue weighted by Crippen LogP contribution is -2.41. The topological polar surface area (TPSA) is 63.6 Å². The molecule has 0 saturated carbocycles. The normalized spacial score (nSPS) is 15.7. The van der Waals surface area contributed by atoms with E-state index in [9.17, 15) is 9.59 Å². The molecule has 3 rings (SSSR count).